The summed E-state index contributed by atoms with van der Waals surface area (Å²) in [7, 11) is 0. The lowest BCUT2D eigenvalue weighted by atomic mass is 10.1. The van der Waals surface area contributed by atoms with E-state index in [0.29, 0.717) is 30.3 Å². The van der Waals surface area contributed by atoms with E-state index >= 15 is 0 Å². The molecule has 0 aliphatic carbocycles. The average Bonchev–Trinajstić information content (AvgIpc) is 2.84. The van der Waals surface area contributed by atoms with Crippen LogP contribution in [0, 0.1) is 0 Å². The Morgan fingerprint density at radius 1 is 1.00 bits per heavy atom. The van der Waals surface area contributed by atoms with Gasteiger partial charge in [-0.05, 0) is 65.3 Å². The first kappa shape index (κ1) is 23.2. The summed E-state index contributed by atoms with van der Waals surface area (Å²) in [6.07, 6.45) is 3.07. The summed E-state index contributed by atoms with van der Waals surface area (Å²) in [5.41, 5.74) is 1.66. The Morgan fingerprint density at radius 2 is 1.79 bits per heavy atom. The highest BCUT2D eigenvalue weighted by Crippen LogP contribution is 2.31. The first-order chi connectivity index (χ1) is 16.5. The normalized spacial score (nSPS) is 14.9. The number of nitrogens with zero attached hydrogens (tertiary/aromatic N) is 1. The zero-order valence-corrected chi connectivity index (χ0v) is 19.6. The number of fused-ring (bicyclic) bond motifs is 1. The van der Waals surface area contributed by atoms with Gasteiger partial charge in [-0.25, -0.2) is 0 Å². The average molecular weight is 473 g/mol. The molecule has 3 aromatic rings. The maximum absolute atomic E-state index is 12.8. The highest BCUT2D eigenvalue weighted by Gasteiger charge is 2.32. The molecule has 1 aliphatic heterocycles. The number of hydrogen-bond acceptors (Lipinski definition) is 5. The number of hydrogen-bond donors (Lipinski definition) is 1. The number of nitrogens with one attached hydrogen (secondary N) is 1. The fraction of sp³-hybridized carbons (Fsp3) is 0.148. The van der Waals surface area contributed by atoms with Gasteiger partial charge in [-0.15, -0.1) is 6.58 Å². The number of amides is 2. The van der Waals surface area contributed by atoms with E-state index < -0.39 is 11.8 Å². The second kappa shape index (κ2) is 10.3. The van der Waals surface area contributed by atoms with Gasteiger partial charge < -0.3 is 9.47 Å². The van der Waals surface area contributed by atoms with Crippen LogP contribution in [0.3, 0.4) is 0 Å². The van der Waals surface area contributed by atoms with Crippen LogP contribution in [0.15, 0.2) is 78.9 Å². The van der Waals surface area contributed by atoms with Gasteiger partial charge in [0.15, 0.2) is 16.6 Å². The molecule has 7 heteroatoms. The molecule has 1 heterocycles. The van der Waals surface area contributed by atoms with Crippen LogP contribution in [-0.2, 0) is 16.2 Å². The summed E-state index contributed by atoms with van der Waals surface area (Å²) in [6, 6.07) is 19.7. The summed E-state index contributed by atoms with van der Waals surface area (Å²) in [5, 5.41) is 4.93. The van der Waals surface area contributed by atoms with Gasteiger partial charge in [-0.3, -0.25) is 19.8 Å². The van der Waals surface area contributed by atoms with E-state index in [1.54, 1.807) is 24.3 Å². The molecule has 0 radical (unpaired) electrons. The molecule has 0 saturated carbocycles. The SMILES string of the molecule is C=CCN1C(=O)/C(=C/c2ccc(OCc3ccc4ccccc4c3)c(OCC)c2)C(=O)NC1=S. The smallest absolute Gasteiger partial charge is 0.265 e. The van der Waals surface area contributed by atoms with E-state index in [0.717, 1.165) is 10.9 Å². The standard InChI is InChI=1S/C27H24N2O4S/c1-3-13-29-26(31)22(25(30)28-27(29)34)15-18-10-12-23(24(16-18)32-4-2)33-17-19-9-11-20-7-5-6-8-21(20)14-19/h3,5-12,14-16H,1,4,13,17H2,2H3,(H,28,30,34)/b22-15+. The molecule has 0 atom stereocenters. The van der Waals surface area contributed by atoms with E-state index in [1.165, 1.54) is 16.4 Å². The number of rotatable bonds is 8. The third-order valence-corrected chi connectivity index (χ3v) is 5.61. The topological polar surface area (TPSA) is 67.9 Å². The van der Waals surface area contributed by atoms with Gasteiger partial charge in [0.1, 0.15) is 12.2 Å². The van der Waals surface area contributed by atoms with Gasteiger partial charge in [0.25, 0.3) is 11.8 Å². The summed E-state index contributed by atoms with van der Waals surface area (Å²) < 4.78 is 11.8. The van der Waals surface area contributed by atoms with Crippen LogP contribution in [-0.4, -0.2) is 35.0 Å². The molecule has 1 aliphatic rings. The van der Waals surface area contributed by atoms with Crippen LogP contribution in [0.1, 0.15) is 18.1 Å². The van der Waals surface area contributed by atoms with Gasteiger partial charge in [0.2, 0.25) is 0 Å². The zero-order chi connectivity index (χ0) is 24.1. The Morgan fingerprint density at radius 3 is 2.56 bits per heavy atom. The third kappa shape index (κ3) is 5.00. The van der Waals surface area contributed by atoms with Crippen molar-refractivity contribution in [2.45, 2.75) is 13.5 Å². The van der Waals surface area contributed by atoms with Gasteiger partial charge in [-0.2, -0.15) is 0 Å². The van der Waals surface area contributed by atoms with E-state index in [1.807, 2.05) is 25.1 Å². The minimum absolute atomic E-state index is 0.0114. The fourth-order valence-corrected chi connectivity index (χ4v) is 3.90. The van der Waals surface area contributed by atoms with E-state index in [2.05, 4.69) is 36.2 Å². The molecule has 3 aromatic carbocycles. The molecule has 1 saturated heterocycles. The minimum atomic E-state index is -0.537. The summed E-state index contributed by atoms with van der Waals surface area (Å²) in [5.74, 6) is 0.0963. The summed E-state index contributed by atoms with van der Waals surface area (Å²) in [6.45, 7) is 6.53. The van der Waals surface area contributed by atoms with E-state index in [4.69, 9.17) is 21.7 Å². The summed E-state index contributed by atoms with van der Waals surface area (Å²) in [4.78, 5) is 26.5. The van der Waals surface area contributed by atoms with Gasteiger partial charge in [0, 0.05) is 6.54 Å². The number of benzene rings is 3. The first-order valence-electron chi connectivity index (χ1n) is 10.9. The van der Waals surface area contributed by atoms with Crippen molar-refractivity contribution in [3.63, 3.8) is 0 Å². The van der Waals surface area contributed by atoms with Crippen molar-refractivity contribution >= 4 is 46.0 Å². The largest absolute Gasteiger partial charge is 0.490 e. The predicted molar refractivity (Wildman–Crippen MR) is 137 cm³/mol. The molecule has 1 fully saturated rings. The molecule has 0 spiro atoms. The van der Waals surface area contributed by atoms with Crippen molar-refractivity contribution < 1.29 is 19.1 Å². The lowest BCUT2D eigenvalue weighted by Gasteiger charge is -2.27. The maximum atomic E-state index is 12.8. The monoisotopic (exact) mass is 472 g/mol. The van der Waals surface area contributed by atoms with Crippen LogP contribution in [0.25, 0.3) is 16.8 Å². The fourth-order valence-electron chi connectivity index (χ4n) is 3.65. The molecule has 4 rings (SSSR count). The summed E-state index contributed by atoms with van der Waals surface area (Å²) >= 11 is 5.09. The molecule has 6 nitrogen and oxygen atoms in total. The Labute approximate surface area is 203 Å². The molecule has 0 unspecified atom stereocenters. The molecule has 172 valence electrons. The van der Waals surface area contributed by atoms with Crippen LogP contribution < -0.4 is 14.8 Å². The van der Waals surface area contributed by atoms with Gasteiger partial charge in [-0.1, -0.05) is 48.5 Å². The van der Waals surface area contributed by atoms with Crippen molar-refractivity contribution in [3.05, 3.63) is 90.0 Å². The Bertz CT molecular complexity index is 1310. The molecule has 0 aromatic heterocycles. The zero-order valence-electron chi connectivity index (χ0n) is 18.7. The second-order valence-corrected chi connectivity index (χ2v) is 8.02. The lowest BCUT2D eigenvalue weighted by molar-refractivity contribution is -0.128. The number of carbonyl (C=O) groups excluding carboxylic acids is 2. The van der Waals surface area contributed by atoms with Gasteiger partial charge in [0.05, 0.1) is 6.61 Å². The van der Waals surface area contributed by atoms with Crippen molar-refractivity contribution in [1.29, 1.82) is 0 Å². The number of thiocarbonyl (C=S) groups is 1. The Kier molecular flexibility index (Phi) is 7.04. The third-order valence-electron chi connectivity index (χ3n) is 5.28. The van der Waals surface area contributed by atoms with Crippen molar-refractivity contribution in [3.8, 4) is 11.5 Å². The molecular formula is C27H24N2O4S. The maximum Gasteiger partial charge on any atom is 0.265 e. The van der Waals surface area contributed by atoms with Crippen molar-refractivity contribution in [2.24, 2.45) is 0 Å². The number of carbonyl (C=O) groups is 2. The quantitative estimate of drug-likeness (QED) is 0.224. The molecule has 1 N–H and O–H groups in total. The molecule has 2 amide bonds. The van der Waals surface area contributed by atoms with Gasteiger partial charge >= 0.3 is 0 Å². The van der Waals surface area contributed by atoms with Crippen LogP contribution >= 0.6 is 12.2 Å². The van der Waals surface area contributed by atoms with Crippen LogP contribution in [0.2, 0.25) is 0 Å². The van der Waals surface area contributed by atoms with Crippen molar-refractivity contribution in [1.82, 2.24) is 10.2 Å². The first-order valence-corrected chi connectivity index (χ1v) is 11.3. The van der Waals surface area contributed by atoms with Crippen LogP contribution in [0.4, 0.5) is 0 Å². The second-order valence-electron chi connectivity index (χ2n) is 7.63. The number of ether oxygens (including phenoxy) is 2. The van der Waals surface area contributed by atoms with E-state index in [9.17, 15) is 9.59 Å². The van der Waals surface area contributed by atoms with Crippen LogP contribution in [0.5, 0.6) is 11.5 Å². The minimum Gasteiger partial charge on any atom is -0.490 e. The Balaban J connectivity index is 1.57. The molecular weight excluding hydrogens is 448 g/mol. The highest BCUT2D eigenvalue weighted by atomic mass is 32.1. The predicted octanol–water partition coefficient (Wildman–Crippen LogP) is 4.63. The molecule has 0 bridgehead atoms. The lowest BCUT2D eigenvalue weighted by Crippen LogP contribution is -2.53. The Hall–Kier alpha value is -3.97. The van der Waals surface area contributed by atoms with E-state index in [-0.39, 0.29) is 17.2 Å². The van der Waals surface area contributed by atoms with Crippen molar-refractivity contribution in [2.75, 3.05) is 13.2 Å². The molecule has 34 heavy (non-hydrogen) atoms. The highest BCUT2D eigenvalue weighted by molar-refractivity contribution is 7.80.